The molecule has 24 heavy (non-hydrogen) atoms. The topological polar surface area (TPSA) is 103 Å². The molecule has 0 radical (unpaired) electrons. The molecule has 7 nitrogen and oxygen atoms in total. The van der Waals surface area contributed by atoms with Crippen LogP contribution >= 0.6 is 0 Å². The first-order valence-corrected chi connectivity index (χ1v) is 6.45. The highest BCUT2D eigenvalue weighted by atomic mass is 19.4. The molecule has 1 aliphatic rings. The molecule has 3 N–H and O–H groups in total. The fraction of sp³-hybridized carbons (Fsp3) is 0.0714. The molecule has 2 aromatic rings. The average Bonchev–Trinajstić information content (AvgIpc) is 2.74. The van der Waals surface area contributed by atoms with Crippen LogP contribution in [0.1, 0.15) is 20.7 Å². The van der Waals surface area contributed by atoms with E-state index in [1.54, 1.807) is 0 Å². The molecule has 0 fully saturated rings. The van der Waals surface area contributed by atoms with Crippen LogP contribution < -0.4 is 21.3 Å². The summed E-state index contributed by atoms with van der Waals surface area (Å²) in [6.07, 6.45) is -4.99. The van der Waals surface area contributed by atoms with Crippen molar-refractivity contribution in [3.63, 3.8) is 0 Å². The lowest BCUT2D eigenvalue weighted by Gasteiger charge is -2.16. The highest BCUT2D eigenvalue weighted by Crippen LogP contribution is 2.31. The third-order valence-electron chi connectivity index (χ3n) is 3.29. The second-order valence-electron chi connectivity index (χ2n) is 4.79. The number of alkyl halides is 3. The minimum absolute atomic E-state index is 0.229. The van der Waals surface area contributed by atoms with Crippen molar-refractivity contribution in [2.24, 2.45) is 0 Å². The van der Waals surface area contributed by atoms with Crippen LogP contribution in [0.2, 0.25) is 0 Å². The molecule has 0 aliphatic carbocycles. The Hall–Kier alpha value is -3.30. The van der Waals surface area contributed by atoms with Crippen molar-refractivity contribution >= 4 is 17.6 Å². The number of nitrogens with one attached hydrogen (secondary N) is 1. The fourth-order valence-corrected chi connectivity index (χ4v) is 2.38. The molecule has 124 valence electrons. The summed E-state index contributed by atoms with van der Waals surface area (Å²) in [5.41, 5.74) is 4.07. The van der Waals surface area contributed by atoms with Gasteiger partial charge in [0, 0.05) is 6.07 Å². The Bertz CT molecular complexity index is 934. The van der Waals surface area contributed by atoms with Gasteiger partial charge in [-0.25, -0.2) is 0 Å². The van der Waals surface area contributed by atoms with Crippen LogP contribution in [0.3, 0.4) is 0 Å². The van der Waals surface area contributed by atoms with Crippen LogP contribution in [0.25, 0.3) is 5.69 Å². The first-order valence-electron chi connectivity index (χ1n) is 6.45. The van der Waals surface area contributed by atoms with E-state index >= 15 is 0 Å². The molecule has 2 amide bonds. The second kappa shape index (κ2) is 5.11. The van der Waals surface area contributed by atoms with Crippen LogP contribution in [-0.2, 0) is 0 Å². The summed E-state index contributed by atoms with van der Waals surface area (Å²) in [4.78, 5) is 35.6. The van der Waals surface area contributed by atoms with Gasteiger partial charge in [-0.3, -0.25) is 24.3 Å². The number of benzene rings is 1. The third kappa shape index (κ3) is 2.47. The number of imide groups is 1. The largest absolute Gasteiger partial charge is 0.573 e. The highest BCUT2D eigenvalue weighted by molar-refractivity contribution is 6.23. The number of hydrogen-bond acceptors (Lipinski definition) is 5. The monoisotopic (exact) mass is 339 g/mol. The van der Waals surface area contributed by atoms with E-state index in [-0.39, 0.29) is 16.8 Å². The van der Waals surface area contributed by atoms with Gasteiger partial charge in [-0.1, -0.05) is 12.1 Å². The molecule has 0 bridgehead atoms. The number of pyridine rings is 1. The molecule has 0 saturated heterocycles. The van der Waals surface area contributed by atoms with E-state index in [2.05, 4.69) is 4.74 Å². The zero-order valence-electron chi connectivity index (χ0n) is 11.7. The van der Waals surface area contributed by atoms with Crippen LogP contribution in [0.15, 0.2) is 35.1 Å². The third-order valence-corrected chi connectivity index (χ3v) is 3.29. The highest BCUT2D eigenvalue weighted by Gasteiger charge is 2.34. The Morgan fingerprint density at radius 1 is 1.08 bits per heavy atom. The average molecular weight is 339 g/mol. The summed E-state index contributed by atoms with van der Waals surface area (Å²) in [6, 6.07) is 5.63. The number of ether oxygens (including phenoxy) is 1. The first kappa shape index (κ1) is 15.6. The summed E-state index contributed by atoms with van der Waals surface area (Å²) in [6.45, 7) is 0. The molecule has 3 rings (SSSR count). The predicted octanol–water partition coefficient (Wildman–Crippen LogP) is 1.20. The van der Waals surface area contributed by atoms with Gasteiger partial charge in [0.1, 0.15) is 5.82 Å². The van der Waals surface area contributed by atoms with E-state index in [1.807, 2.05) is 5.32 Å². The molecular formula is C14H8F3N3O4. The number of rotatable bonds is 2. The Kier molecular flexibility index (Phi) is 3.32. The summed E-state index contributed by atoms with van der Waals surface area (Å²) >= 11 is 0. The lowest BCUT2D eigenvalue weighted by atomic mass is 10.1. The Labute approximate surface area is 131 Å². The first-order chi connectivity index (χ1) is 11.2. The summed E-state index contributed by atoms with van der Waals surface area (Å²) in [5, 5.41) is 1.96. The zero-order chi connectivity index (χ0) is 17.6. The van der Waals surface area contributed by atoms with E-state index in [9.17, 15) is 27.6 Å². The van der Waals surface area contributed by atoms with Crippen LogP contribution in [-0.4, -0.2) is 22.7 Å². The van der Waals surface area contributed by atoms with Crippen LogP contribution in [0, 0.1) is 0 Å². The number of anilines is 1. The molecule has 0 saturated carbocycles. The maximum atomic E-state index is 12.5. The van der Waals surface area contributed by atoms with Crippen molar-refractivity contribution in [1.82, 2.24) is 9.88 Å². The zero-order valence-corrected chi connectivity index (χ0v) is 11.7. The fourth-order valence-electron chi connectivity index (χ4n) is 2.38. The number of fused-ring (bicyclic) bond motifs is 1. The van der Waals surface area contributed by atoms with Gasteiger partial charge in [-0.05, 0) is 12.1 Å². The summed E-state index contributed by atoms with van der Waals surface area (Å²) in [5.74, 6) is -2.77. The number of nitrogens with two attached hydrogens (primary N) is 1. The lowest BCUT2D eigenvalue weighted by molar-refractivity contribution is -0.274. The number of nitrogen functional groups attached to an aromatic ring is 1. The van der Waals surface area contributed by atoms with Gasteiger partial charge in [0.05, 0.1) is 16.8 Å². The smallest absolute Gasteiger partial charge is 0.404 e. The molecule has 0 unspecified atom stereocenters. The maximum absolute atomic E-state index is 12.5. The number of hydrogen-bond donors (Lipinski definition) is 2. The number of para-hydroxylation sites is 2. The molecule has 0 atom stereocenters. The number of amides is 2. The number of carbonyl (C=O) groups excluding carboxylic acids is 2. The van der Waals surface area contributed by atoms with Gasteiger partial charge in [0.25, 0.3) is 17.4 Å². The Morgan fingerprint density at radius 3 is 2.42 bits per heavy atom. The second-order valence-corrected chi connectivity index (χ2v) is 4.79. The van der Waals surface area contributed by atoms with E-state index < -0.39 is 35.3 Å². The van der Waals surface area contributed by atoms with Crippen LogP contribution in [0.4, 0.5) is 19.0 Å². The quantitative estimate of drug-likeness (QED) is 0.800. The standard InChI is InChI=1S/C14H8F3N3O4/c15-14(16,17)24-8-4-2-1-3-7(8)20-9(21)5-6-10(11(20)18)13(23)19-12(6)22/h1-5H,18H2,(H,19,22,23). The van der Waals surface area contributed by atoms with Gasteiger partial charge in [0.15, 0.2) is 5.75 Å². The summed E-state index contributed by atoms with van der Waals surface area (Å²) in [7, 11) is 0. The molecule has 1 aromatic carbocycles. The minimum Gasteiger partial charge on any atom is -0.404 e. The maximum Gasteiger partial charge on any atom is 0.573 e. The van der Waals surface area contributed by atoms with Gasteiger partial charge in [-0.15, -0.1) is 13.2 Å². The number of aromatic nitrogens is 1. The number of nitrogens with zero attached hydrogens (tertiary/aromatic N) is 1. The Balaban J connectivity index is 2.26. The van der Waals surface area contributed by atoms with E-state index in [0.29, 0.717) is 4.57 Å². The predicted molar refractivity (Wildman–Crippen MR) is 74.9 cm³/mol. The molecule has 10 heteroatoms. The molecule has 1 aromatic heterocycles. The summed E-state index contributed by atoms with van der Waals surface area (Å²) < 4.78 is 42.1. The SMILES string of the molecule is Nc1c2c(cc(=O)n1-c1ccccc1OC(F)(F)F)C(=O)NC2=O. The number of halogens is 3. The normalized spacial score (nSPS) is 13.6. The molecule has 1 aliphatic heterocycles. The van der Waals surface area contributed by atoms with Crippen LogP contribution in [0.5, 0.6) is 5.75 Å². The van der Waals surface area contributed by atoms with Crippen molar-refractivity contribution in [3.8, 4) is 11.4 Å². The van der Waals surface area contributed by atoms with E-state index in [1.165, 1.54) is 18.2 Å². The van der Waals surface area contributed by atoms with Crippen molar-refractivity contribution in [2.75, 3.05) is 5.73 Å². The lowest BCUT2D eigenvalue weighted by Crippen LogP contribution is -2.26. The van der Waals surface area contributed by atoms with Gasteiger partial charge in [-0.2, -0.15) is 0 Å². The van der Waals surface area contributed by atoms with Crippen molar-refractivity contribution < 1.29 is 27.5 Å². The molecule has 2 heterocycles. The molecular weight excluding hydrogens is 331 g/mol. The van der Waals surface area contributed by atoms with Gasteiger partial charge >= 0.3 is 6.36 Å². The van der Waals surface area contributed by atoms with E-state index in [4.69, 9.17) is 5.73 Å². The molecule has 0 spiro atoms. The van der Waals surface area contributed by atoms with Crippen molar-refractivity contribution in [1.29, 1.82) is 0 Å². The van der Waals surface area contributed by atoms with E-state index in [0.717, 1.165) is 12.1 Å². The minimum atomic E-state index is -4.99. The van der Waals surface area contributed by atoms with Crippen molar-refractivity contribution in [3.05, 3.63) is 51.8 Å². The number of carbonyl (C=O) groups is 2. The van der Waals surface area contributed by atoms with Gasteiger partial charge < -0.3 is 10.5 Å². The Morgan fingerprint density at radius 2 is 1.75 bits per heavy atom. The van der Waals surface area contributed by atoms with Crippen molar-refractivity contribution in [2.45, 2.75) is 6.36 Å². The van der Waals surface area contributed by atoms with Gasteiger partial charge in [0.2, 0.25) is 0 Å².